The normalized spacial score (nSPS) is 24.3. The third-order valence-corrected chi connectivity index (χ3v) is 6.99. The number of nitrogens with zero attached hydrogens (tertiary/aromatic N) is 1. The average molecular weight is 519 g/mol. The minimum absolute atomic E-state index is 0.0368. The van der Waals surface area contributed by atoms with Crippen molar-refractivity contribution in [1.82, 2.24) is 4.98 Å². The zero-order valence-corrected chi connectivity index (χ0v) is 20.2. The number of nitrogens with one attached hydrogen (secondary N) is 1. The molecule has 1 aliphatic rings. The molecule has 1 aromatic carbocycles. The Kier molecular flexibility index (Phi) is 7.47. The number of rotatable bonds is 6. The Balaban J connectivity index is 2.13. The number of Topliss-reactive ketones (excluding diaryl/α,β-unsaturated/α-hetero) is 1. The lowest BCUT2D eigenvalue weighted by Gasteiger charge is -2.32. The highest BCUT2D eigenvalue weighted by molar-refractivity contribution is 7.98. The first-order valence-corrected chi connectivity index (χ1v) is 11.6. The molecule has 0 radical (unpaired) electrons. The maximum absolute atomic E-state index is 14.5. The van der Waals surface area contributed by atoms with Crippen molar-refractivity contribution < 1.29 is 41.0 Å². The fourth-order valence-corrected chi connectivity index (χ4v) is 4.91. The van der Waals surface area contributed by atoms with Crippen molar-refractivity contribution in [1.29, 1.82) is 0 Å². The number of amides is 1. The first-order chi connectivity index (χ1) is 16.3. The van der Waals surface area contributed by atoms with Crippen LogP contribution in [0.3, 0.4) is 0 Å². The molecule has 0 saturated carbocycles. The predicted molar refractivity (Wildman–Crippen MR) is 119 cm³/mol. The summed E-state index contributed by atoms with van der Waals surface area (Å²) in [6.45, 7) is 3.27. The van der Waals surface area contributed by atoms with Crippen molar-refractivity contribution in [2.45, 2.75) is 49.6 Å². The number of hydrogen-bond donors (Lipinski definition) is 1. The van der Waals surface area contributed by atoms with Gasteiger partial charge in [0.15, 0.2) is 23.0 Å². The molecule has 1 saturated heterocycles. The van der Waals surface area contributed by atoms with Gasteiger partial charge in [0.2, 0.25) is 5.82 Å². The summed E-state index contributed by atoms with van der Waals surface area (Å²) in [5.41, 5.74) is -2.82. The van der Waals surface area contributed by atoms with E-state index in [9.17, 15) is 31.5 Å². The minimum atomic E-state index is -4.89. The van der Waals surface area contributed by atoms with E-state index in [0.717, 1.165) is 37.9 Å². The van der Waals surface area contributed by atoms with Gasteiger partial charge in [0.1, 0.15) is 11.1 Å². The van der Waals surface area contributed by atoms with Gasteiger partial charge in [-0.3, -0.25) is 9.59 Å². The number of ketones is 1. The molecule has 1 aliphatic heterocycles. The van der Waals surface area contributed by atoms with Crippen molar-refractivity contribution in [2.24, 2.45) is 5.92 Å². The topological polar surface area (TPSA) is 77.5 Å². The van der Waals surface area contributed by atoms with E-state index in [4.69, 9.17) is 9.47 Å². The molecule has 1 amide bonds. The summed E-state index contributed by atoms with van der Waals surface area (Å²) in [4.78, 5) is 29.6. The number of pyridine rings is 1. The molecule has 4 atom stereocenters. The molecule has 3 rings (SSSR count). The smallest absolute Gasteiger partial charge is 0.417 e. The van der Waals surface area contributed by atoms with Crippen molar-refractivity contribution in [3.05, 3.63) is 47.2 Å². The van der Waals surface area contributed by atoms with Crippen LogP contribution < -0.4 is 10.1 Å². The van der Waals surface area contributed by atoms with Gasteiger partial charge in [0, 0.05) is 23.6 Å². The second-order valence-corrected chi connectivity index (χ2v) is 9.02. The zero-order valence-electron chi connectivity index (χ0n) is 19.4. The molecule has 0 spiro atoms. The standard InChI is InChI=1S/C23H23F5N2O4S/c1-10-15(12-6-7-13(24)17(25)18(12)33-4)19(34-22(10,3)23(26,27)28)20(32)30-14-8-9-29-21(35-5)16(14)11(2)31/h6-10,15,19H,1-5H3,(H,29,30,32)/t10-,15-,19+,22+/m0/s1. The number of aromatic nitrogens is 1. The first-order valence-electron chi connectivity index (χ1n) is 10.4. The molecule has 2 aromatic rings. The van der Waals surface area contributed by atoms with E-state index in [1.54, 1.807) is 6.26 Å². The van der Waals surface area contributed by atoms with Gasteiger partial charge in [-0.05, 0) is 32.2 Å². The average Bonchev–Trinajstić information content (AvgIpc) is 3.07. The Bertz CT molecular complexity index is 1160. The molecule has 1 aromatic heterocycles. The third-order valence-electron chi connectivity index (χ3n) is 6.29. The van der Waals surface area contributed by atoms with Crippen LogP contribution in [0.1, 0.15) is 42.6 Å². The lowest BCUT2D eigenvalue weighted by atomic mass is 9.77. The SMILES string of the molecule is COc1c([C@H]2[C@H](C(=O)Nc3ccnc(SC)c3C(C)=O)O[C@@](C)(C(F)(F)F)[C@H]2C)ccc(F)c1F. The van der Waals surface area contributed by atoms with Crippen molar-refractivity contribution >= 4 is 29.1 Å². The number of halogens is 5. The number of carbonyl (C=O) groups excluding carboxylic acids is 2. The van der Waals surface area contributed by atoms with E-state index < -0.39 is 58.8 Å². The minimum Gasteiger partial charge on any atom is -0.493 e. The van der Waals surface area contributed by atoms with E-state index >= 15 is 0 Å². The van der Waals surface area contributed by atoms with Crippen LogP contribution >= 0.6 is 11.8 Å². The quantitative estimate of drug-likeness (QED) is 0.315. The Labute approximate surface area is 202 Å². The van der Waals surface area contributed by atoms with E-state index in [2.05, 4.69) is 10.3 Å². The Morgan fingerprint density at radius 2 is 1.89 bits per heavy atom. The second-order valence-electron chi connectivity index (χ2n) is 8.23. The van der Waals surface area contributed by atoms with Crippen LogP contribution in [0.2, 0.25) is 0 Å². The van der Waals surface area contributed by atoms with E-state index in [-0.39, 0.29) is 16.8 Å². The monoisotopic (exact) mass is 518 g/mol. The molecule has 0 bridgehead atoms. The number of anilines is 1. The molecule has 190 valence electrons. The van der Waals surface area contributed by atoms with Crippen LogP contribution in [0.25, 0.3) is 0 Å². The first kappa shape index (κ1) is 26.9. The van der Waals surface area contributed by atoms with E-state index in [1.807, 2.05) is 0 Å². The van der Waals surface area contributed by atoms with Crippen LogP contribution in [0.15, 0.2) is 29.4 Å². The van der Waals surface area contributed by atoms with Crippen LogP contribution in [0, 0.1) is 17.6 Å². The van der Waals surface area contributed by atoms with Crippen molar-refractivity contribution in [3.63, 3.8) is 0 Å². The van der Waals surface area contributed by atoms with E-state index in [1.165, 1.54) is 26.1 Å². The molecule has 6 nitrogen and oxygen atoms in total. The number of benzene rings is 1. The van der Waals surface area contributed by atoms with Gasteiger partial charge in [-0.2, -0.15) is 17.6 Å². The number of ether oxygens (including phenoxy) is 2. The molecule has 12 heteroatoms. The predicted octanol–water partition coefficient (Wildman–Crippen LogP) is 5.37. The van der Waals surface area contributed by atoms with Gasteiger partial charge in [-0.15, -0.1) is 11.8 Å². The summed E-state index contributed by atoms with van der Waals surface area (Å²) < 4.78 is 80.8. The molecular weight excluding hydrogens is 495 g/mol. The molecular formula is C23H23F5N2O4S. The Hall–Kier alpha value is -2.73. The number of thioether (sulfide) groups is 1. The number of hydrogen-bond acceptors (Lipinski definition) is 6. The van der Waals surface area contributed by atoms with Gasteiger partial charge in [-0.25, -0.2) is 9.37 Å². The Morgan fingerprint density at radius 3 is 2.43 bits per heavy atom. The summed E-state index contributed by atoms with van der Waals surface area (Å²) in [5, 5.41) is 2.78. The Morgan fingerprint density at radius 1 is 1.23 bits per heavy atom. The highest BCUT2D eigenvalue weighted by Gasteiger charge is 2.66. The third kappa shape index (κ3) is 4.61. The summed E-state index contributed by atoms with van der Waals surface area (Å²) in [6, 6.07) is 3.16. The van der Waals surface area contributed by atoms with Gasteiger partial charge in [0.25, 0.3) is 5.91 Å². The van der Waals surface area contributed by atoms with Crippen LogP contribution in [-0.4, -0.2) is 47.9 Å². The maximum Gasteiger partial charge on any atom is 0.417 e. The second kappa shape index (κ2) is 9.73. The zero-order chi connectivity index (χ0) is 26.3. The fourth-order valence-electron chi connectivity index (χ4n) is 4.29. The number of carbonyl (C=O) groups is 2. The lowest BCUT2D eigenvalue weighted by molar-refractivity contribution is -0.272. The molecule has 1 N–H and O–H groups in total. The van der Waals surface area contributed by atoms with Gasteiger partial charge in [-0.1, -0.05) is 13.0 Å². The summed E-state index contributed by atoms with van der Waals surface area (Å²) in [6.07, 6.45) is -3.66. The lowest BCUT2D eigenvalue weighted by Crippen LogP contribution is -2.47. The van der Waals surface area contributed by atoms with Crippen molar-refractivity contribution in [2.75, 3.05) is 18.7 Å². The van der Waals surface area contributed by atoms with Gasteiger partial charge in [0.05, 0.1) is 18.4 Å². The molecule has 2 heterocycles. The fraction of sp³-hybridized carbons (Fsp3) is 0.435. The summed E-state index contributed by atoms with van der Waals surface area (Å²) in [7, 11) is 1.04. The largest absolute Gasteiger partial charge is 0.493 e. The summed E-state index contributed by atoms with van der Waals surface area (Å²) in [5.74, 6) is -7.45. The highest BCUT2D eigenvalue weighted by atomic mass is 32.2. The highest BCUT2D eigenvalue weighted by Crippen LogP contribution is 2.55. The summed E-state index contributed by atoms with van der Waals surface area (Å²) >= 11 is 1.15. The van der Waals surface area contributed by atoms with E-state index in [0.29, 0.717) is 5.03 Å². The molecule has 0 unspecified atom stereocenters. The molecule has 1 fully saturated rings. The van der Waals surface area contributed by atoms with Crippen molar-refractivity contribution in [3.8, 4) is 5.75 Å². The van der Waals surface area contributed by atoms with Crippen LogP contribution in [-0.2, 0) is 9.53 Å². The molecule has 35 heavy (non-hydrogen) atoms. The van der Waals surface area contributed by atoms with Crippen LogP contribution in [0.5, 0.6) is 5.75 Å². The van der Waals surface area contributed by atoms with Gasteiger partial charge < -0.3 is 14.8 Å². The molecule has 0 aliphatic carbocycles. The number of alkyl halides is 3. The van der Waals surface area contributed by atoms with Gasteiger partial charge >= 0.3 is 6.18 Å². The number of methoxy groups -OCH3 is 1. The maximum atomic E-state index is 14.5. The van der Waals surface area contributed by atoms with Crippen LogP contribution in [0.4, 0.5) is 27.6 Å².